The molecule has 1 amide bonds. The molecule has 1 saturated heterocycles. The summed E-state index contributed by atoms with van der Waals surface area (Å²) in [6, 6.07) is 9.40. The first-order valence-corrected chi connectivity index (χ1v) is 12.0. The minimum Gasteiger partial charge on any atom is -0.396 e. The van der Waals surface area contributed by atoms with Crippen LogP contribution in [0.25, 0.3) is 0 Å². The summed E-state index contributed by atoms with van der Waals surface area (Å²) in [5.41, 5.74) is -0.871. The molecule has 0 radical (unpaired) electrons. The Bertz CT molecular complexity index is 1210. The second-order valence-electron chi connectivity index (χ2n) is 8.87. The maximum atomic E-state index is 13.5. The monoisotopic (exact) mass is 580 g/mol. The van der Waals surface area contributed by atoms with Crippen LogP contribution in [0.4, 0.5) is 26.3 Å². The molecule has 4 unspecified atom stereocenters. The predicted octanol–water partition coefficient (Wildman–Crippen LogP) is 3.48. The Labute approximate surface area is 223 Å². The Morgan fingerprint density at radius 2 is 1.74 bits per heavy atom. The number of nitrogens with zero attached hydrogens (tertiary/aromatic N) is 3. The molecular weight excluding hydrogens is 558 g/mol. The van der Waals surface area contributed by atoms with Crippen molar-refractivity contribution in [1.82, 2.24) is 15.2 Å². The van der Waals surface area contributed by atoms with Crippen LogP contribution >= 0.6 is 11.6 Å². The number of amides is 1. The second-order valence-corrected chi connectivity index (χ2v) is 9.31. The van der Waals surface area contributed by atoms with Crippen LogP contribution < -0.4 is 5.32 Å². The van der Waals surface area contributed by atoms with Gasteiger partial charge in [0, 0.05) is 17.2 Å². The van der Waals surface area contributed by atoms with Crippen molar-refractivity contribution in [2.45, 2.75) is 43.4 Å². The number of nitrogens with one attached hydrogen (secondary N) is 1. The highest BCUT2D eigenvalue weighted by Crippen LogP contribution is 2.38. The number of epoxide rings is 1. The summed E-state index contributed by atoms with van der Waals surface area (Å²) >= 11 is 5.91. The molecule has 2 aromatic carbocycles. The van der Waals surface area contributed by atoms with Gasteiger partial charge in [0.2, 0.25) is 5.91 Å². The third-order valence-electron chi connectivity index (χ3n) is 6.09. The first-order valence-electron chi connectivity index (χ1n) is 11.6. The largest absolute Gasteiger partial charge is 0.416 e. The Morgan fingerprint density at radius 1 is 1.08 bits per heavy atom. The number of hydrazone groups is 1. The molecule has 39 heavy (non-hydrogen) atoms. The molecule has 2 aliphatic rings. The average Bonchev–Trinajstić information content (AvgIpc) is 3.66. The van der Waals surface area contributed by atoms with Gasteiger partial charge in [-0.05, 0) is 42.3 Å². The Hall–Kier alpha value is -3.07. The molecule has 4 atom stereocenters. The van der Waals surface area contributed by atoms with Crippen molar-refractivity contribution < 1.29 is 46.1 Å². The molecule has 212 valence electrons. The third-order valence-corrected chi connectivity index (χ3v) is 6.34. The van der Waals surface area contributed by atoms with E-state index in [0.717, 1.165) is 16.0 Å². The average molecular weight is 581 g/mol. The van der Waals surface area contributed by atoms with Gasteiger partial charge in [0.25, 0.3) is 0 Å². The number of benzene rings is 2. The quantitative estimate of drug-likeness (QED) is 0.310. The van der Waals surface area contributed by atoms with Crippen molar-refractivity contribution >= 4 is 23.3 Å². The molecule has 2 heterocycles. The van der Waals surface area contributed by atoms with Gasteiger partial charge in [-0.3, -0.25) is 9.80 Å². The molecule has 0 aliphatic carbocycles. The Balaban J connectivity index is 1.57. The molecule has 8 nitrogen and oxygen atoms in total. The number of alkyl halides is 6. The van der Waals surface area contributed by atoms with E-state index in [1.165, 1.54) is 42.5 Å². The Kier molecular flexibility index (Phi) is 8.30. The SMILES string of the molecule is O=C(CN1N=C(c2ccc(Cl)cc2)N(CC(O)C(F)(F)F)C2OC21)NC(CCO)c1ccccc1C(F)(F)F. The van der Waals surface area contributed by atoms with Crippen LogP contribution in [0.15, 0.2) is 53.6 Å². The van der Waals surface area contributed by atoms with Gasteiger partial charge in [-0.1, -0.05) is 29.8 Å². The first-order chi connectivity index (χ1) is 18.3. The summed E-state index contributed by atoms with van der Waals surface area (Å²) in [6.45, 7) is -1.91. The van der Waals surface area contributed by atoms with Crippen molar-refractivity contribution in [3.8, 4) is 0 Å². The van der Waals surface area contributed by atoms with Gasteiger partial charge in [-0.25, -0.2) is 0 Å². The fourth-order valence-corrected chi connectivity index (χ4v) is 4.33. The number of ether oxygens (including phenoxy) is 1. The van der Waals surface area contributed by atoms with E-state index in [9.17, 15) is 41.4 Å². The zero-order valence-corrected chi connectivity index (χ0v) is 20.7. The van der Waals surface area contributed by atoms with Crippen LogP contribution in [0, 0.1) is 0 Å². The number of β-amino-alcohol motifs (C(OH)–C–C–N with tert-alkyl or cyclic N) is 1. The van der Waals surface area contributed by atoms with Crippen molar-refractivity contribution in [3.63, 3.8) is 0 Å². The van der Waals surface area contributed by atoms with E-state index in [-0.39, 0.29) is 17.8 Å². The van der Waals surface area contributed by atoms with Gasteiger partial charge >= 0.3 is 12.4 Å². The van der Waals surface area contributed by atoms with Crippen molar-refractivity contribution in [3.05, 3.63) is 70.2 Å². The number of aliphatic hydroxyl groups excluding tert-OH is 2. The van der Waals surface area contributed by atoms with Crippen LogP contribution in [0.2, 0.25) is 5.02 Å². The summed E-state index contributed by atoms with van der Waals surface area (Å²) in [7, 11) is 0. The summed E-state index contributed by atoms with van der Waals surface area (Å²) < 4.78 is 85.3. The molecule has 4 rings (SSSR count). The number of halogens is 7. The lowest BCUT2D eigenvalue weighted by Gasteiger charge is -2.33. The van der Waals surface area contributed by atoms with E-state index in [2.05, 4.69) is 10.4 Å². The molecule has 2 aliphatic heterocycles. The van der Waals surface area contributed by atoms with Gasteiger partial charge in [0.1, 0.15) is 6.54 Å². The number of amidine groups is 1. The number of carbonyl (C=O) groups is 1. The van der Waals surface area contributed by atoms with E-state index < -0.39 is 68.1 Å². The number of fused-ring (bicyclic) bond motifs is 1. The predicted molar refractivity (Wildman–Crippen MR) is 126 cm³/mol. The van der Waals surface area contributed by atoms with E-state index in [4.69, 9.17) is 16.3 Å². The normalized spacial score (nSPS) is 20.7. The molecule has 2 aromatic rings. The lowest BCUT2D eigenvalue weighted by atomic mass is 9.97. The molecule has 15 heteroatoms. The topological polar surface area (TPSA) is 101 Å². The highest BCUT2D eigenvalue weighted by Gasteiger charge is 2.55. The van der Waals surface area contributed by atoms with Gasteiger partial charge < -0.3 is 25.2 Å². The minimum atomic E-state index is -4.90. The van der Waals surface area contributed by atoms with Crippen molar-refractivity contribution in [2.75, 3.05) is 19.7 Å². The lowest BCUT2D eigenvalue weighted by molar-refractivity contribution is -0.206. The van der Waals surface area contributed by atoms with Crippen LogP contribution in [-0.4, -0.2) is 76.3 Å². The summed E-state index contributed by atoms with van der Waals surface area (Å²) in [5.74, 6) is -0.793. The van der Waals surface area contributed by atoms with Gasteiger partial charge in [0.05, 0.1) is 18.2 Å². The molecular formula is C24H23ClF6N4O4. The fraction of sp³-hybridized carbons (Fsp3) is 0.417. The van der Waals surface area contributed by atoms with Crippen molar-refractivity contribution in [1.29, 1.82) is 0 Å². The zero-order valence-electron chi connectivity index (χ0n) is 20.0. The summed E-state index contributed by atoms with van der Waals surface area (Å²) in [5, 5.41) is 27.3. The van der Waals surface area contributed by atoms with Crippen LogP contribution in [0.1, 0.15) is 29.2 Å². The van der Waals surface area contributed by atoms with E-state index >= 15 is 0 Å². The lowest BCUT2D eigenvalue weighted by Crippen LogP contribution is -2.51. The maximum Gasteiger partial charge on any atom is 0.416 e. The van der Waals surface area contributed by atoms with Crippen LogP contribution in [0.3, 0.4) is 0 Å². The van der Waals surface area contributed by atoms with Gasteiger partial charge in [-0.15, -0.1) is 0 Å². The number of rotatable bonds is 9. The van der Waals surface area contributed by atoms with E-state index in [1.807, 2.05) is 0 Å². The Morgan fingerprint density at radius 3 is 2.36 bits per heavy atom. The minimum absolute atomic E-state index is 0.0316. The van der Waals surface area contributed by atoms with Crippen LogP contribution in [-0.2, 0) is 15.7 Å². The summed E-state index contributed by atoms with van der Waals surface area (Å²) in [4.78, 5) is 14.0. The fourth-order valence-electron chi connectivity index (χ4n) is 4.21. The molecule has 0 spiro atoms. The van der Waals surface area contributed by atoms with E-state index in [0.29, 0.717) is 10.6 Å². The number of hydrogen-bond acceptors (Lipinski definition) is 7. The standard InChI is InChI=1S/C24H23ClF6N4O4/c25-14-7-5-13(6-8-14)20-33-35(22-21(39-22)34(20)11-18(37)24(29,30)31)12-19(38)32-17(9-10-36)15-3-1-2-4-16(15)23(26,27)28/h1-8,17-18,21-22,36-37H,9-12H2,(H,32,38). The van der Waals surface area contributed by atoms with E-state index in [1.54, 1.807) is 0 Å². The summed E-state index contributed by atoms with van der Waals surface area (Å²) in [6.07, 6.45) is -14.4. The molecule has 3 N–H and O–H groups in total. The third kappa shape index (κ3) is 6.75. The smallest absolute Gasteiger partial charge is 0.396 e. The number of hydrogen-bond donors (Lipinski definition) is 3. The second kappa shape index (κ2) is 11.2. The molecule has 1 fully saturated rings. The highest BCUT2D eigenvalue weighted by atomic mass is 35.5. The molecule has 0 bridgehead atoms. The molecule has 0 aromatic heterocycles. The number of aliphatic hydroxyl groups is 2. The van der Waals surface area contributed by atoms with Crippen LogP contribution in [0.5, 0.6) is 0 Å². The van der Waals surface area contributed by atoms with Gasteiger partial charge in [0.15, 0.2) is 24.4 Å². The highest BCUT2D eigenvalue weighted by molar-refractivity contribution is 6.30. The molecule has 0 saturated carbocycles. The zero-order chi connectivity index (χ0) is 28.5. The first kappa shape index (κ1) is 28.9. The van der Waals surface area contributed by atoms with Gasteiger partial charge in [-0.2, -0.15) is 31.4 Å². The van der Waals surface area contributed by atoms with Crippen molar-refractivity contribution in [2.24, 2.45) is 5.10 Å². The maximum absolute atomic E-state index is 13.5. The number of carbonyl (C=O) groups excluding carboxylic acids is 1.